The Bertz CT molecular complexity index is 3590. The predicted molar refractivity (Wildman–Crippen MR) is 260 cm³/mol. The highest BCUT2D eigenvalue weighted by atomic mass is 19.1. The van der Waals surface area contributed by atoms with Gasteiger partial charge in [0.25, 0.3) is 11.8 Å². The number of fused-ring (bicyclic) bond motifs is 4. The number of phenolic OH excluding ortho intramolecular Hbond substituents is 2. The second-order valence-electron chi connectivity index (χ2n) is 15.8. The van der Waals surface area contributed by atoms with Crippen LogP contribution in [0.15, 0.2) is 128 Å². The SMILES string of the molecule is O=C(O)C(=O)CCCNC(=O)c1ccc(-c2c3ccc(=O)cc-3oc3cc(O)ccc23)c(C(=O)O)c1.O=CC(=O)CCCNC(=O)c1ccc(-c2c3ccc(=O)cc-3oc3cc(O)ccc23)c(C(=O)O)c1.[2H]CF. The summed E-state index contributed by atoms with van der Waals surface area (Å²) in [6.07, 6.45) is 0.370. The van der Waals surface area contributed by atoms with E-state index in [1.165, 1.54) is 97.1 Å². The summed E-state index contributed by atoms with van der Waals surface area (Å²) in [5.41, 5.74) is 2.12. The van der Waals surface area contributed by atoms with Crippen LogP contribution >= 0.6 is 0 Å². The minimum Gasteiger partial charge on any atom is -0.508 e. The third-order valence-corrected chi connectivity index (χ3v) is 11.0. The van der Waals surface area contributed by atoms with Crippen molar-refractivity contribution in [2.45, 2.75) is 25.7 Å². The number of hydrogen-bond acceptors (Lipinski definition) is 14. The van der Waals surface area contributed by atoms with Crippen LogP contribution in [0.5, 0.6) is 11.5 Å². The molecular weight excluding hydrogens is 956 g/mol. The number of halogens is 1. The average Bonchev–Trinajstić information content (AvgIpc) is 3.37. The average molecular weight is 998 g/mol. The van der Waals surface area contributed by atoms with Crippen LogP contribution in [-0.2, 0) is 19.2 Å². The molecule has 2 aliphatic carbocycles. The van der Waals surface area contributed by atoms with E-state index in [1.807, 2.05) is 0 Å². The van der Waals surface area contributed by atoms with Gasteiger partial charge in [0.1, 0.15) is 34.2 Å². The lowest BCUT2D eigenvalue weighted by Crippen LogP contribution is -2.25. The minimum absolute atomic E-state index is 0.00291. The number of aromatic carboxylic acids is 2. The van der Waals surface area contributed by atoms with Crippen molar-refractivity contribution in [3.8, 4) is 56.4 Å². The van der Waals surface area contributed by atoms with Crippen molar-refractivity contribution >= 4 is 69.5 Å². The summed E-state index contributed by atoms with van der Waals surface area (Å²) in [6.45, 7) is 0.164. The zero-order valence-electron chi connectivity index (χ0n) is 38.9. The van der Waals surface area contributed by atoms with Gasteiger partial charge < -0.3 is 45.0 Å². The fourth-order valence-electron chi connectivity index (χ4n) is 7.74. The molecule has 0 fully saturated rings. The van der Waals surface area contributed by atoms with E-state index in [1.54, 1.807) is 12.1 Å². The number of aromatic hydroxyl groups is 2. The molecule has 2 heterocycles. The molecule has 0 radical (unpaired) electrons. The van der Waals surface area contributed by atoms with Crippen molar-refractivity contribution in [2.24, 2.45) is 0 Å². The molecule has 0 unspecified atom stereocenters. The Morgan fingerprint density at radius 3 is 1.38 bits per heavy atom. The Hall–Kier alpha value is -9.85. The van der Waals surface area contributed by atoms with E-state index in [2.05, 4.69) is 10.6 Å². The number of aldehydes is 1. The van der Waals surface area contributed by atoms with Gasteiger partial charge in [-0.25, -0.2) is 14.4 Å². The maximum Gasteiger partial charge on any atom is 0.372 e. The van der Waals surface area contributed by atoms with Crippen LogP contribution < -0.4 is 21.5 Å². The first-order valence-corrected chi connectivity index (χ1v) is 21.7. The summed E-state index contributed by atoms with van der Waals surface area (Å²) in [7, 11) is -1.00. The number of nitrogens with one attached hydrogen (secondary N) is 2. The topological polar surface area (TPSA) is 322 Å². The van der Waals surface area contributed by atoms with Crippen LogP contribution in [-0.4, -0.2) is 93.4 Å². The number of Topliss-reactive ketones (excluding diaryl/α,β-unsaturated/α-hetero) is 2. The molecule has 372 valence electrons. The van der Waals surface area contributed by atoms with Crippen molar-refractivity contribution in [3.05, 3.63) is 152 Å². The highest BCUT2D eigenvalue weighted by Crippen LogP contribution is 2.44. The van der Waals surface area contributed by atoms with Gasteiger partial charge in [-0.2, -0.15) is 0 Å². The Labute approximate surface area is 411 Å². The van der Waals surface area contributed by atoms with Crippen molar-refractivity contribution in [2.75, 3.05) is 20.2 Å². The molecule has 4 aliphatic rings. The van der Waals surface area contributed by atoms with E-state index in [4.69, 9.17) is 15.3 Å². The second-order valence-corrected chi connectivity index (χ2v) is 15.8. The first-order valence-electron chi connectivity index (χ1n) is 22.4. The van der Waals surface area contributed by atoms with Gasteiger partial charge in [0.2, 0.25) is 5.78 Å². The molecule has 2 amide bonds. The fourth-order valence-corrected chi connectivity index (χ4v) is 7.74. The number of carboxylic acids is 3. The van der Waals surface area contributed by atoms with Gasteiger partial charge in [-0.05, 0) is 96.8 Å². The number of benzene rings is 6. The highest BCUT2D eigenvalue weighted by Gasteiger charge is 2.25. The second kappa shape index (κ2) is 23.2. The Kier molecular flexibility index (Phi) is 16.2. The molecule has 4 aromatic rings. The molecule has 0 spiro atoms. The standard InChI is InChI=1S/C26H19NO9.C26H19NO8.CH3F/c28-14-4-7-17-21(11-14)36-22-12-15(29)5-8-18(22)23(17)16-6-3-13(10-19(16)25(32)33)24(31)27-9-1-2-20(30)26(34)35;28-13-17(31)2-1-9-27-25(32)14-3-6-18(21(10-14)26(33)34)24-19-7-4-15(29)11-22(19)35-23-12-16(30)5-8-20(23)24;1-2/h3-8,10-12,28H,1-2,9H2,(H,27,31)(H,32,33)(H,34,35);3-8,10-13,29H,1-2,9H2,(H,27,32)(H,33,34);1H3/i;;1D. The van der Waals surface area contributed by atoms with Crippen LogP contribution in [0, 0.1) is 0 Å². The van der Waals surface area contributed by atoms with Gasteiger partial charge in [0.05, 0.1) is 19.7 Å². The van der Waals surface area contributed by atoms with Crippen molar-refractivity contribution < 1.29 is 78.5 Å². The van der Waals surface area contributed by atoms with E-state index in [0.29, 0.717) is 38.6 Å². The number of phenols is 2. The summed E-state index contributed by atoms with van der Waals surface area (Å²) in [4.78, 5) is 117. The van der Waals surface area contributed by atoms with Crippen LogP contribution in [0.25, 0.3) is 66.8 Å². The quantitative estimate of drug-likeness (QED) is 0.0222. The lowest BCUT2D eigenvalue weighted by atomic mass is 9.90. The third-order valence-electron chi connectivity index (χ3n) is 11.0. The van der Waals surface area contributed by atoms with E-state index >= 15 is 0 Å². The van der Waals surface area contributed by atoms with Crippen molar-refractivity contribution in [1.82, 2.24) is 10.6 Å². The first kappa shape index (κ1) is 51.0. The lowest BCUT2D eigenvalue weighted by Gasteiger charge is -2.17. The molecule has 7 N–H and O–H groups in total. The Balaban J connectivity index is 0.000000229. The zero-order valence-corrected chi connectivity index (χ0v) is 37.9. The van der Waals surface area contributed by atoms with Gasteiger partial charge in [0, 0.05) is 94.3 Å². The molecule has 20 heteroatoms. The Morgan fingerprint density at radius 2 is 0.986 bits per heavy atom. The number of carbonyl (C=O) groups excluding carboxylic acids is 5. The van der Waals surface area contributed by atoms with Crippen LogP contribution in [0.4, 0.5) is 4.39 Å². The van der Waals surface area contributed by atoms with E-state index in [0.717, 1.165) is 0 Å². The molecular formula is C53H41FN2O17. The van der Waals surface area contributed by atoms with Crippen LogP contribution in [0.3, 0.4) is 0 Å². The maximum atomic E-state index is 12.6. The molecule has 73 heavy (non-hydrogen) atoms. The monoisotopic (exact) mass is 997 g/mol. The number of alkyl halides is 1. The fraction of sp³-hybridized carbons (Fsp3) is 0.132. The molecule has 4 aromatic carbocycles. The third kappa shape index (κ3) is 12.1. The summed E-state index contributed by atoms with van der Waals surface area (Å²) in [5, 5.41) is 54.4. The van der Waals surface area contributed by atoms with Gasteiger partial charge in [-0.1, -0.05) is 12.1 Å². The number of carbonyl (C=O) groups is 8. The molecule has 19 nitrogen and oxygen atoms in total. The molecule has 0 atom stereocenters. The van der Waals surface area contributed by atoms with Crippen molar-refractivity contribution in [3.63, 3.8) is 0 Å². The minimum atomic E-state index is -1.54. The van der Waals surface area contributed by atoms with Crippen molar-refractivity contribution in [1.29, 1.82) is 0 Å². The number of carboxylic acid groups (broad SMARTS) is 3. The largest absolute Gasteiger partial charge is 0.508 e. The molecule has 0 bridgehead atoms. The van der Waals surface area contributed by atoms with E-state index in [9.17, 15) is 72.8 Å². The molecule has 8 rings (SSSR count). The number of aliphatic carboxylic acids is 1. The summed E-state index contributed by atoms with van der Waals surface area (Å²) < 4.78 is 27.1. The number of rotatable bonds is 16. The van der Waals surface area contributed by atoms with Crippen LogP contribution in [0.1, 0.15) is 68.5 Å². The maximum absolute atomic E-state index is 12.6. The van der Waals surface area contributed by atoms with Crippen LogP contribution in [0.2, 0.25) is 0 Å². The Morgan fingerprint density at radius 1 is 0.575 bits per heavy atom. The van der Waals surface area contributed by atoms with Gasteiger partial charge in [-0.3, -0.25) is 38.0 Å². The van der Waals surface area contributed by atoms with E-state index < -0.39 is 48.4 Å². The molecule has 0 saturated heterocycles. The highest BCUT2D eigenvalue weighted by molar-refractivity contribution is 6.32. The van der Waals surface area contributed by atoms with Gasteiger partial charge in [0.15, 0.2) is 22.9 Å². The normalized spacial score (nSPS) is 10.8. The smallest absolute Gasteiger partial charge is 0.372 e. The predicted octanol–water partition coefficient (Wildman–Crippen LogP) is 6.96. The summed E-state index contributed by atoms with van der Waals surface area (Å²) in [5.74, 6) is -6.49. The van der Waals surface area contributed by atoms with Gasteiger partial charge in [-0.15, -0.1) is 0 Å². The molecule has 0 aromatic heterocycles. The lowest BCUT2D eigenvalue weighted by molar-refractivity contribution is -0.149. The molecule has 0 saturated carbocycles. The summed E-state index contributed by atoms with van der Waals surface area (Å²) >= 11 is 0. The number of hydrogen-bond donors (Lipinski definition) is 7. The van der Waals surface area contributed by atoms with E-state index in [-0.39, 0.29) is 118 Å². The van der Waals surface area contributed by atoms with Gasteiger partial charge >= 0.3 is 17.9 Å². The summed E-state index contributed by atoms with van der Waals surface area (Å²) in [6, 6.07) is 25.3. The molecule has 2 aliphatic heterocycles. The number of ketones is 2. The first-order chi connectivity index (χ1) is 35.3. The number of amides is 2. The zero-order chi connectivity index (χ0) is 53.8.